The highest BCUT2D eigenvalue weighted by Gasteiger charge is 2.19. The summed E-state index contributed by atoms with van der Waals surface area (Å²) in [5.41, 5.74) is 3.34. The first-order valence-corrected chi connectivity index (χ1v) is 7.04. The molecule has 3 rings (SSSR count). The van der Waals surface area contributed by atoms with Gasteiger partial charge in [-0.15, -0.1) is 11.8 Å². The number of hydrogen-bond donors (Lipinski definition) is 1. The molecule has 5 heteroatoms. The van der Waals surface area contributed by atoms with E-state index in [9.17, 15) is 0 Å². The summed E-state index contributed by atoms with van der Waals surface area (Å²) in [5, 5.41) is 4.45. The van der Waals surface area contributed by atoms with Gasteiger partial charge in [0.05, 0.1) is 5.69 Å². The Kier molecular flexibility index (Phi) is 3.15. The summed E-state index contributed by atoms with van der Waals surface area (Å²) in [4.78, 5) is 13.2. The Morgan fingerprint density at radius 3 is 3.17 bits per heavy atom. The van der Waals surface area contributed by atoms with Crippen LogP contribution in [-0.4, -0.2) is 27.2 Å². The van der Waals surface area contributed by atoms with E-state index in [1.165, 1.54) is 5.56 Å². The van der Waals surface area contributed by atoms with Crippen LogP contribution >= 0.6 is 11.8 Å². The standard InChI is InChI=1S/C13H14N4S/c1-2-18-13-10-5-7-15-12-9(4-3-6-14-12)11(10)16-8-17-13/h3-4,6,8H,2,5,7H2,1H3,(H,14,15). The minimum Gasteiger partial charge on any atom is -0.369 e. The Morgan fingerprint density at radius 2 is 2.28 bits per heavy atom. The lowest BCUT2D eigenvalue weighted by molar-refractivity contribution is 0.924. The van der Waals surface area contributed by atoms with Crippen molar-refractivity contribution in [3.8, 4) is 11.3 Å². The van der Waals surface area contributed by atoms with E-state index >= 15 is 0 Å². The first kappa shape index (κ1) is 11.5. The van der Waals surface area contributed by atoms with Crippen LogP contribution in [0.3, 0.4) is 0 Å². The number of aromatic nitrogens is 3. The fourth-order valence-electron chi connectivity index (χ4n) is 2.16. The van der Waals surface area contributed by atoms with Crippen molar-refractivity contribution in [2.45, 2.75) is 18.4 Å². The maximum atomic E-state index is 4.46. The van der Waals surface area contributed by atoms with E-state index < -0.39 is 0 Å². The van der Waals surface area contributed by atoms with Crippen LogP contribution in [0.15, 0.2) is 29.7 Å². The van der Waals surface area contributed by atoms with Gasteiger partial charge in [-0.3, -0.25) is 0 Å². The second kappa shape index (κ2) is 4.94. The van der Waals surface area contributed by atoms with E-state index in [-0.39, 0.29) is 0 Å². The number of nitrogens with zero attached hydrogens (tertiary/aromatic N) is 3. The highest BCUT2D eigenvalue weighted by molar-refractivity contribution is 7.99. The third kappa shape index (κ3) is 1.95. The molecular formula is C13H14N4S. The molecule has 3 heterocycles. The largest absolute Gasteiger partial charge is 0.369 e. The molecule has 1 aliphatic heterocycles. The molecule has 0 saturated heterocycles. The molecular weight excluding hydrogens is 244 g/mol. The van der Waals surface area contributed by atoms with Gasteiger partial charge in [0.25, 0.3) is 0 Å². The number of anilines is 1. The summed E-state index contributed by atoms with van der Waals surface area (Å²) in [6.07, 6.45) is 4.40. The molecule has 0 saturated carbocycles. The van der Waals surface area contributed by atoms with Gasteiger partial charge < -0.3 is 5.32 Å². The van der Waals surface area contributed by atoms with Gasteiger partial charge in [0.2, 0.25) is 0 Å². The average Bonchev–Trinajstić information content (AvgIpc) is 2.59. The molecule has 1 aliphatic rings. The van der Waals surface area contributed by atoms with Gasteiger partial charge in [-0.05, 0) is 24.3 Å². The Labute approximate surface area is 110 Å². The summed E-state index contributed by atoms with van der Waals surface area (Å²) in [7, 11) is 0. The second-order valence-electron chi connectivity index (χ2n) is 4.02. The number of hydrogen-bond acceptors (Lipinski definition) is 5. The Morgan fingerprint density at radius 1 is 1.33 bits per heavy atom. The zero-order valence-corrected chi connectivity index (χ0v) is 11.0. The van der Waals surface area contributed by atoms with E-state index in [1.54, 1.807) is 24.3 Å². The molecule has 1 N–H and O–H groups in total. The van der Waals surface area contributed by atoms with Crippen molar-refractivity contribution in [1.29, 1.82) is 0 Å². The number of nitrogens with one attached hydrogen (secondary N) is 1. The Balaban J connectivity index is 2.18. The maximum Gasteiger partial charge on any atom is 0.135 e. The van der Waals surface area contributed by atoms with Gasteiger partial charge >= 0.3 is 0 Å². The van der Waals surface area contributed by atoms with Gasteiger partial charge in [-0.1, -0.05) is 6.92 Å². The van der Waals surface area contributed by atoms with Crippen LogP contribution in [0.2, 0.25) is 0 Å². The second-order valence-corrected chi connectivity index (χ2v) is 5.27. The Hall–Kier alpha value is -1.62. The lowest BCUT2D eigenvalue weighted by Gasteiger charge is -2.09. The molecule has 0 atom stereocenters. The van der Waals surface area contributed by atoms with Crippen molar-refractivity contribution in [3.05, 3.63) is 30.2 Å². The van der Waals surface area contributed by atoms with Crippen molar-refractivity contribution in [3.63, 3.8) is 0 Å². The lowest BCUT2D eigenvalue weighted by Crippen LogP contribution is -2.04. The molecule has 0 unspecified atom stereocenters. The quantitative estimate of drug-likeness (QED) is 0.663. The minimum absolute atomic E-state index is 0.877. The van der Waals surface area contributed by atoms with Crippen LogP contribution in [0.25, 0.3) is 11.3 Å². The van der Waals surface area contributed by atoms with Crippen LogP contribution in [0.1, 0.15) is 12.5 Å². The molecule has 0 spiro atoms. The molecule has 0 amide bonds. The maximum absolute atomic E-state index is 4.46. The van der Waals surface area contributed by atoms with Crippen molar-refractivity contribution < 1.29 is 0 Å². The molecule has 0 bridgehead atoms. The van der Waals surface area contributed by atoms with Crippen molar-refractivity contribution in [2.75, 3.05) is 17.6 Å². The van der Waals surface area contributed by atoms with Gasteiger partial charge in [0.1, 0.15) is 17.2 Å². The third-order valence-electron chi connectivity index (χ3n) is 2.92. The van der Waals surface area contributed by atoms with E-state index in [2.05, 4.69) is 33.3 Å². The van der Waals surface area contributed by atoms with Gasteiger partial charge in [0.15, 0.2) is 0 Å². The van der Waals surface area contributed by atoms with Gasteiger partial charge in [-0.25, -0.2) is 15.0 Å². The zero-order valence-electron chi connectivity index (χ0n) is 10.2. The summed E-state index contributed by atoms with van der Waals surface area (Å²) in [6.45, 7) is 3.02. The SMILES string of the molecule is CCSc1ncnc2c1CCNc1ncccc1-2. The van der Waals surface area contributed by atoms with E-state index in [1.807, 2.05) is 6.07 Å². The topological polar surface area (TPSA) is 50.7 Å². The third-order valence-corrected chi connectivity index (χ3v) is 3.83. The molecule has 0 aliphatic carbocycles. The molecule has 92 valence electrons. The Bertz CT molecular complexity index is 571. The summed E-state index contributed by atoms with van der Waals surface area (Å²) >= 11 is 1.77. The van der Waals surface area contributed by atoms with Crippen molar-refractivity contribution in [2.24, 2.45) is 0 Å². The normalized spacial score (nSPS) is 13.2. The van der Waals surface area contributed by atoms with Gasteiger partial charge in [-0.2, -0.15) is 0 Å². The van der Waals surface area contributed by atoms with Crippen LogP contribution in [0.5, 0.6) is 0 Å². The van der Waals surface area contributed by atoms with Crippen LogP contribution in [0.4, 0.5) is 5.82 Å². The lowest BCUT2D eigenvalue weighted by atomic mass is 10.1. The molecule has 0 fully saturated rings. The van der Waals surface area contributed by atoms with Gasteiger partial charge in [0, 0.05) is 23.9 Å². The summed E-state index contributed by atoms with van der Waals surface area (Å²) < 4.78 is 0. The predicted molar refractivity (Wildman–Crippen MR) is 73.9 cm³/mol. The molecule has 2 aromatic rings. The van der Waals surface area contributed by atoms with Crippen molar-refractivity contribution in [1.82, 2.24) is 15.0 Å². The van der Waals surface area contributed by atoms with Crippen LogP contribution < -0.4 is 5.32 Å². The molecule has 0 radical (unpaired) electrons. The first-order chi connectivity index (χ1) is 8.90. The summed E-state index contributed by atoms with van der Waals surface area (Å²) in [5.74, 6) is 1.94. The predicted octanol–water partition coefficient (Wildman–Crippen LogP) is 2.62. The van der Waals surface area contributed by atoms with Crippen LogP contribution in [-0.2, 0) is 6.42 Å². The monoisotopic (exact) mass is 258 g/mol. The fraction of sp³-hybridized carbons (Fsp3) is 0.308. The average molecular weight is 258 g/mol. The fourth-order valence-corrected chi connectivity index (χ4v) is 2.93. The first-order valence-electron chi connectivity index (χ1n) is 6.06. The highest BCUT2D eigenvalue weighted by atomic mass is 32.2. The molecule has 0 aromatic carbocycles. The summed E-state index contributed by atoms with van der Waals surface area (Å²) in [6, 6.07) is 4.01. The smallest absolute Gasteiger partial charge is 0.135 e. The molecule has 4 nitrogen and oxygen atoms in total. The molecule has 2 aromatic heterocycles. The number of pyridine rings is 1. The highest BCUT2D eigenvalue weighted by Crippen LogP contribution is 2.33. The van der Waals surface area contributed by atoms with Crippen LogP contribution in [0, 0.1) is 0 Å². The zero-order chi connectivity index (χ0) is 12.4. The number of thioether (sulfide) groups is 1. The van der Waals surface area contributed by atoms with E-state index in [0.29, 0.717) is 0 Å². The van der Waals surface area contributed by atoms with Crippen molar-refractivity contribution >= 4 is 17.6 Å². The molecule has 18 heavy (non-hydrogen) atoms. The minimum atomic E-state index is 0.877. The number of rotatable bonds is 2. The number of fused-ring (bicyclic) bond motifs is 3. The van der Waals surface area contributed by atoms with E-state index in [4.69, 9.17) is 0 Å². The van der Waals surface area contributed by atoms with E-state index in [0.717, 1.165) is 40.8 Å².